The molecule has 18 aliphatic rings. The highest BCUT2D eigenvalue weighted by atomic mass is 15.3. The minimum absolute atomic E-state index is 0.273. The maximum atomic E-state index is 12.9. The molecule has 0 spiro atoms. The molecular weight excluding hydrogens is 1090 g/mol. The van der Waals surface area contributed by atoms with Crippen LogP contribution < -0.4 is 5.32 Å². The normalized spacial score (nSPS) is 53.2. The lowest BCUT2D eigenvalue weighted by atomic mass is 9.42. The van der Waals surface area contributed by atoms with Gasteiger partial charge in [0, 0.05) is 72.5 Å². The number of hydrogen-bond acceptors (Lipinski definition) is 6. The molecule has 18 rings (SSSR count). The van der Waals surface area contributed by atoms with E-state index in [0.717, 1.165) is 167 Å². The van der Waals surface area contributed by atoms with Crippen molar-refractivity contribution in [3.8, 4) is 6.07 Å². The van der Waals surface area contributed by atoms with Gasteiger partial charge in [-0.1, -0.05) is 103 Å². The number of likely N-dealkylation sites (tertiary alicyclic amines) is 4. The monoisotopic (exact) mass is 1230 g/mol. The van der Waals surface area contributed by atoms with E-state index in [0.29, 0.717) is 11.8 Å². The number of nitrogens with one attached hydrogen (secondary N) is 1. The van der Waals surface area contributed by atoms with Crippen molar-refractivity contribution >= 4 is 0 Å². The molecule has 6 heteroatoms. The zero-order valence-electron chi connectivity index (χ0n) is 57.9. The first kappa shape index (κ1) is 61.6. The largest absolute Gasteiger partial charge is 0.317 e. The van der Waals surface area contributed by atoms with Gasteiger partial charge in [-0.3, -0.25) is 19.6 Å². The van der Waals surface area contributed by atoms with Crippen molar-refractivity contribution < 1.29 is 0 Å². The third-order valence-electron chi connectivity index (χ3n) is 35.0. The van der Waals surface area contributed by atoms with E-state index in [4.69, 9.17) is 0 Å². The van der Waals surface area contributed by atoms with Crippen LogP contribution in [0.1, 0.15) is 321 Å². The van der Waals surface area contributed by atoms with Crippen LogP contribution in [0.5, 0.6) is 0 Å². The molecule has 1 N–H and O–H groups in total. The molecule has 5 aliphatic heterocycles. The summed E-state index contributed by atoms with van der Waals surface area (Å²) < 4.78 is 0. The Morgan fingerprint density at radius 1 is 0.211 bits per heavy atom. The first-order valence-corrected chi connectivity index (χ1v) is 42.9. The Hall–Kier alpha value is -0.710. The van der Waals surface area contributed by atoms with E-state index < -0.39 is 0 Å². The van der Waals surface area contributed by atoms with Crippen molar-refractivity contribution in [1.82, 2.24) is 24.9 Å². The molecule has 22 atom stereocenters. The Morgan fingerprint density at radius 2 is 0.400 bits per heavy atom. The molecule has 0 bridgehead atoms. The quantitative estimate of drug-likeness (QED) is 0.248. The van der Waals surface area contributed by atoms with Gasteiger partial charge in [0.1, 0.15) is 0 Å². The Kier molecular flexibility index (Phi) is 18.4. The maximum absolute atomic E-state index is 12.9. The molecule has 18 fully saturated rings. The highest BCUT2D eigenvalue weighted by molar-refractivity contribution is 5.16. The fourth-order valence-electron chi connectivity index (χ4n) is 32.4. The summed E-state index contributed by atoms with van der Waals surface area (Å²) >= 11 is 0. The second kappa shape index (κ2) is 26.8. The molecule has 502 valence electrons. The molecule has 0 amide bonds. The van der Waals surface area contributed by atoms with Crippen molar-refractivity contribution in [2.45, 2.75) is 394 Å². The van der Waals surface area contributed by atoms with Gasteiger partial charge >= 0.3 is 0 Å². The summed E-state index contributed by atoms with van der Waals surface area (Å²) in [7, 11) is 0. The molecule has 0 aromatic rings. The molecule has 22 unspecified atom stereocenters. The molecule has 6 nitrogen and oxygen atoms in total. The Balaban J connectivity index is 0.705. The van der Waals surface area contributed by atoms with Gasteiger partial charge in [0.15, 0.2) is 0 Å². The van der Waals surface area contributed by atoms with E-state index in [1.807, 2.05) is 0 Å². The molecule has 0 aromatic heterocycles. The van der Waals surface area contributed by atoms with Crippen LogP contribution in [-0.4, -0.2) is 105 Å². The van der Waals surface area contributed by atoms with Gasteiger partial charge in [0.25, 0.3) is 0 Å². The zero-order chi connectivity index (χ0) is 59.4. The van der Waals surface area contributed by atoms with Gasteiger partial charge in [-0.05, 0) is 338 Å². The van der Waals surface area contributed by atoms with E-state index in [1.54, 1.807) is 51.4 Å². The first-order chi connectivity index (χ1) is 44.7. The minimum atomic E-state index is 0.273. The van der Waals surface area contributed by atoms with Crippen LogP contribution in [0.4, 0.5) is 0 Å². The maximum Gasteiger partial charge on any atom is 0.0662 e. The summed E-state index contributed by atoms with van der Waals surface area (Å²) in [6.45, 7) is 2.41. The summed E-state index contributed by atoms with van der Waals surface area (Å²) in [6, 6.07) is 14.3. The van der Waals surface area contributed by atoms with Crippen LogP contribution in [0, 0.1) is 124 Å². The van der Waals surface area contributed by atoms with Crippen LogP contribution in [0.3, 0.4) is 0 Å². The van der Waals surface area contributed by atoms with Crippen molar-refractivity contribution in [1.29, 1.82) is 5.26 Å². The number of nitrogens with zero attached hydrogens (tertiary/aromatic N) is 5. The fraction of sp³-hybridized carbons (Fsp3) is 0.988. The number of nitriles is 1. The lowest BCUT2D eigenvalue weighted by molar-refractivity contribution is -0.141. The van der Waals surface area contributed by atoms with Gasteiger partial charge in [-0.25, -0.2) is 0 Å². The van der Waals surface area contributed by atoms with E-state index in [-0.39, 0.29) is 5.92 Å². The lowest BCUT2D eigenvalue weighted by Gasteiger charge is -2.62. The van der Waals surface area contributed by atoms with Crippen LogP contribution in [0.15, 0.2) is 0 Å². The van der Waals surface area contributed by atoms with Gasteiger partial charge < -0.3 is 5.32 Å². The average molecular weight is 1230 g/mol. The van der Waals surface area contributed by atoms with Gasteiger partial charge in [0.05, 0.1) is 12.0 Å². The summed E-state index contributed by atoms with van der Waals surface area (Å²) in [4.78, 5) is 13.5. The fourth-order valence-corrected chi connectivity index (χ4v) is 32.4. The smallest absolute Gasteiger partial charge is 0.0662 e. The number of rotatable bonds is 9. The summed E-state index contributed by atoms with van der Waals surface area (Å²) in [6.07, 6.45) is 75.2. The molecular formula is C84H136N6. The van der Waals surface area contributed by atoms with E-state index in [1.165, 1.54) is 283 Å². The Morgan fingerprint density at radius 3 is 0.622 bits per heavy atom. The second-order valence-electron chi connectivity index (χ2n) is 37.8. The molecule has 0 radical (unpaired) electrons. The van der Waals surface area contributed by atoms with Gasteiger partial charge in [0.2, 0.25) is 0 Å². The van der Waals surface area contributed by atoms with Gasteiger partial charge in [-0.15, -0.1) is 0 Å². The number of fused-ring (bicyclic) bond motifs is 12. The Labute approximate surface area is 552 Å². The van der Waals surface area contributed by atoms with Crippen molar-refractivity contribution in [2.24, 2.45) is 112 Å². The molecule has 90 heavy (non-hydrogen) atoms. The molecule has 13 saturated carbocycles. The topological polar surface area (TPSA) is 48.8 Å². The highest BCUT2D eigenvalue weighted by Crippen LogP contribution is 2.66. The zero-order valence-corrected chi connectivity index (χ0v) is 57.9. The van der Waals surface area contributed by atoms with Crippen molar-refractivity contribution in [3.05, 3.63) is 0 Å². The lowest BCUT2D eigenvalue weighted by Crippen LogP contribution is -2.59. The van der Waals surface area contributed by atoms with Crippen LogP contribution >= 0.6 is 0 Å². The van der Waals surface area contributed by atoms with E-state index in [9.17, 15) is 5.26 Å². The molecule has 5 heterocycles. The third-order valence-corrected chi connectivity index (χ3v) is 35.0. The van der Waals surface area contributed by atoms with Crippen LogP contribution in [0.2, 0.25) is 0 Å². The SMILES string of the molecule is N#CC1C(C2CCNCC2)C(C2CCC(N3C4CCCCC4C4CCCCC43)CC2)C(C2CCC(N3C4CCCCC4C4CCCCC43)CC2)C(C2CCC(N3C4CCCCC4C4CCCCC43)CC2)C1C1CCC(N2C3CCCCC3C3CCCCC32)CC1. The summed E-state index contributed by atoms with van der Waals surface area (Å²) in [5, 5.41) is 16.8. The van der Waals surface area contributed by atoms with E-state index >= 15 is 0 Å². The van der Waals surface area contributed by atoms with Gasteiger partial charge in [-0.2, -0.15) is 5.26 Å². The summed E-state index contributed by atoms with van der Waals surface area (Å²) in [5.74, 6) is 16.1. The van der Waals surface area contributed by atoms with Crippen LogP contribution in [0.25, 0.3) is 0 Å². The average Bonchev–Trinajstić information content (AvgIpc) is 1.09. The predicted octanol–water partition coefficient (Wildman–Crippen LogP) is 19.2. The highest BCUT2D eigenvalue weighted by Gasteiger charge is 2.63. The molecule has 0 aromatic carbocycles. The van der Waals surface area contributed by atoms with Crippen LogP contribution in [-0.2, 0) is 0 Å². The molecule has 13 aliphatic carbocycles. The Bertz CT molecular complexity index is 2310. The first-order valence-electron chi connectivity index (χ1n) is 42.9. The summed E-state index contributed by atoms with van der Waals surface area (Å²) in [5.41, 5.74) is 0. The molecule has 5 saturated heterocycles. The number of piperidine rings is 1. The van der Waals surface area contributed by atoms with Crippen molar-refractivity contribution in [2.75, 3.05) is 13.1 Å². The minimum Gasteiger partial charge on any atom is -0.317 e. The van der Waals surface area contributed by atoms with E-state index in [2.05, 4.69) is 31.0 Å². The predicted molar refractivity (Wildman–Crippen MR) is 368 cm³/mol. The standard InChI is InChI=1S/C84H136N6/c85-53-71-80(54-33-41-59(42-34-54)87-72-25-9-1-17-63(72)64-18-2-10-26-73(64)87)82(55-35-43-60(44-36-55)88-74-27-11-3-19-65(74)66-20-4-12-28-75(66)88)84(57-39-47-62(48-40-57)90-78-31-15-7-23-69(78)70-24-8-16-32-79(70)90)83(81(71)58-49-51-86-52-50-58)56-37-45-61(46-38-56)89-76-29-13-5-21-67(76)68-22-6-14-30-77(68)89/h54-84,86H,1-52H2. The third kappa shape index (κ3) is 10.8. The second-order valence-corrected chi connectivity index (χ2v) is 37.8. The number of hydrogen-bond donors (Lipinski definition) is 1. The van der Waals surface area contributed by atoms with Crippen molar-refractivity contribution in [3.63, 3.8) is 0 Å².